The van der Waals surface area contributed by atoms with Gasteiger partial charge in [-0.1, -0.05) is 42.2 Å². The van der Waals surface area contributed by atoms with Crippen molar-refractivity contribution in [2.75, 3.05) is 5.43 Å². The minimum Gasteiger partial charge on any atom is -0.411 e. The molecule has 0 atom stereocenters. The largest absolute Gasteiger partial charge is 0.411 e. The Labute approximate surface area is 110 Å². The number of benzene rings is 1. The summed E-state index contributed by atoms with van der Waals surface area (Å²) in [5, 5.41) is 11.5. The van der Waals surface area contributed by atoms with Crippen LogP contribution in [0.25, 0.3) is 0 Å². The Morgan fingerprint density at radius 1 is 1.41 bits per heavy atom. The summed E-state index contributed by atoms with van der Waals surface area (Å²) in [7, 11) is 0. The number of oxime groups is 1. The molecule has 1 rings (SSSR count). The lowest BCUT2D eigenvalue weighted by atomic mass is 10.2. The van der Waals surface area contributed by atoms with Crippen LogP contribution >= 0.6 is 24.0 Å². The molecule has 0 aliphatic rings. The highest BCUT2D eigenvalue weighted by Crippen LogP contribution is 2.22. The van der Waals surface area contributed by atoms with E-state index in [-0.39, 0.29) is 4.75 Å². The van der Waals surface area contributed by atoms with Crippen LogP contribution < -0.4 is 10.9 Å². The van der Waals surface area contributed by atoms with E-state index in [0.717, 1.165) is 5.69 Å². The Bertz CT molecular complexity index is 393. The zero-order valence-electron chi connectivity index (χ0n) is 9.68. The van der Waals surface area contributed by atoms with Gasteiger partial charge in [-0.2, -0.15) is 0 Å². The van der Waals surface area contributed by atoms with Crippen molar-refractivity contribution >= 4 is 40.2 Å². The minimum atomic E-state index is -0.350. The first-order valence-corrected chi connectivity index (χ1v) is 6.24. The molecule has 0 radical (unpaired) electrons. The van der Waals surface area contributed by atoms with Gasteiger partial charge in [0.2, 0.25) is 0 Å². The standard InChI is InChI=1S/C11H15N3OS2/c1-11(2,8-12-15)17-10(16)14-13-9-6-4-3-5-7-9/h3-8,13,15H,1-2H3,(H,14,16)/b12-8-. The van der Waals surface area contributed by atoms with Crippen molar-refractivity contribution in [3.8, 4) is 0 Å². The summed E-state index contributed by atoms with van der Waals surface area (Å²) in [5.74, 6) is 0. The van der Waals surface area contributed by atoms with E-state index in [0.29, 0.717) is 4.32 Å². The third-order valence-corrected chi connectivity index (χ3v) is 3.08. The van der Waals surface area contributed by atoms with Gasteiger partial charge in [0.1, 0.15) is 0 Å². The van der Waals surface area contributed by atoms with Gasteiger partial charge in [0.15, 0.2) is 4.32 Å². The van der Waals surface area contributed by atoms with Gasteiger partial charge in [-0.05, 0) is 26.0 Å². The molecule has 0 heterocycles. The lowest BCUT2D eigenvalue weighted by Gasteiger charge is -2.19. The zero-order valence-corrected chi connectivity index (χ0v) is 11.3. The van der Waals surface area contributed by atoms with E-state index in [2.05, 4.69) is 16.0 Å². The molecule has 0 aliphatic heterocycles. The molecule has 0 amide bonds. The predicted molar refractivity (Wildman–Crippen MR) is 77.7 cm³/mol. The second-order valence-electron chi connectivity index (χ2n) is 3.85. The predicted octanol–water partition coefficient (Wildman–Crippen LogP) is 2.86. The quantitative estimate of drug-likeness (QED) is 0.340. The van der Waals surface area contributed by atoms with E-state index in [1.165, 1.54) is 18.0 Å². The van der Waals surface area contributed by atoms with Crippen molar-refractivity contribution in [2.24, 2.45) is 5.16 Å². The number of thioether (sulfide) groups is 1. The SMILES string of the molecule is CC(C)(/C=N\O)SC(=S)NNc1ccccc1. The molecule has 0 bridgehead atoms. The molecule has 0 aromatic heterocycles. The molecule has 0 saturated heterocycles. The normalized spacial score (nSPS) is 11.4. The molecular weight excluding hydrogens is 254 g/mol. The van der Waals surface area contributed by atoms with E-state index in [9.17, 15) is 0 Å². The smallest absolute Gasteiger partial charge is 0.153 e. The molecule has 0 fully saturated rings. The van der Waals surface area contributed by atoms with Gasteiger partial charge in [-0.15, -0.1) is 5.16 Å². The number of nitrogens with zero attached hydrogens (tertiary/aromatic N) is 1. The molecule has 92 valence electrons. The van der Waals surface area contributed by atoms with Crippen LogP contribution in [-0.4, -0.2) is 20.5 Å². The van der Waals surface area contributed by atoms with Crippen molar-refractivity contribution in [1.82, 2.24) is 5.43 Å². The monoisotopic (exact) mass is 269 g/mol. The molecule has 0 spiro atoms. The Kier molecular flexibility index (Phi) is 5.24. The van der Waals surface area contributed by atoms with Gasteiger partial charge in [0, 0.05) is 0 Å². The number of hydrogen-bond acceptors (Lipinski definition) is 5. The minimum absolute atomic E-state index is 0.350. The summed E-state index contributed by atoms with van der Waals surface area (Å²) in [4.78, 5) is 0. The van der Waals surface area contributed by atoms with Crippen LogP contribution in [0, 0.1) is 0 Å². The Hall–Kier alpha value is -1.27. The van der Waals surface area contributed by atoms with Crippen LogP contribution in [0.2, 0.25) is 0 Å². The van der Waals surface area contributed by atoms with Crippen LogP contribution in [0.5, 0.6) is 0 Å². The first-order valence-electron chi connectivity index (χ1n) is 5.02. The molecule has 4 nitrogen and oxygen atoms in total. The maximum absolute atomic E-state index is 8.50. The van der Waals surface area contributed by atoms with E-state index >= 15 is 0 Å². The van der Waals surface area contributed by atoms with Crippen LogP contribution in [0.15, 0.2) is 35.5 Å². The van der Waals surface area contributed by atoms with Gasteiger partial charge in [0.25, 0.3) is 0 Å². The first kappa shape index (κ1) is 13.8. The average Bonchev–Trinajstić information content (AvgIpc) is 2.27. The van der Waals surface area contributed by atoms with Crippen molar-refractivity contribution in [3.05, 3.63) is 30.3 Å². The summed E-state index contributed by atoms with van der Waals surface area (Å²) in [6.45, 7) is 3.82. The van der Waals surface area contributed by atoms with E-state index in [1.54, 1.807) is 0 Å². The van der Waals surface area contributed by atoms with Gasteiger partial charge in [-0.3, -0.25) is 10.9 Å². The van der Waals surface area contributed by atoms with Crippen molar-refractivity contribution < 1.29 is 5.21 Å². The Morgan fingerprint density at radius 2 is 2.06 bits per heavy atom. The molecule has 1 aromatic carbocycles. The summed E-state index contributed by atoms with van der Waals surface area (Å²) >= 11 is 6.56. The first-order chi connectivity index (χ1) is 8.03. The Morgan fingerprint density at radius 3 is 2.65 bits per heavy atom. The zero-order chi connectivity index (χ0) is 12.7. The number of hydrazine groups is 1. The van der Waals surface area contributed by atoms with Crippen LogP contribution in [-0.2, 0) is 0 Å². The average molecular weight is 269 g/mol. The molecule has 3 N–H and O–H groups in total. The highest BCUT2D eigenvalue weighted by molar-refractivity contribution is 8.24. The third-order valence-electron chi connectivity index (χ3n) is 1.81. The number of hydrogen-bond donors (Lipinski definition) is 3. The fourth-order valence-corrected chi connectivity index (χ4v) is 2.45. The molecule has 0 unspecified atom stereocenters. The third kappa shape index (κ3) is 5.55. The van der Waals surface area contributed by atoms with Crippen molar-refractivity contribution in [3.63, 3.8) is 0 Å². The lowest BCUT2D eigenvalue weighted by molar-refractivity contribution is 0.319. The summed E-state index contributed by atoms with van der Waals surface area (Å²) in [6, 6.07) is 9.67. The summed E-state index contributed by atoms with van der Waals surface area (Å²) in [6.07, 6.45) is 1.44. The molecular formula is C11H15N3OS2. The molecule has 6 heteroatoms. The second kappa shape index (κ2) is 6.46. The van der Waals surface area contributed by atoms with Crippen LogP contribution in [0.1, 0.15) is 13.8 Å². The molecule has 1 aromatic rings. The lowest BCUT2D eigenvalue weighted by Crippen LogP contribution is -2.30. The molecule has 0 aliphatic carbocycles. The van der Waals surface area contributed by atoms with E-state index in [1.807, 2.05) is 44.2 Å². The number of nitrogens with one attached hydrogen (secondary N) is 2. The van der Waals surface area contributed by atoms with E-state index in [4.69, 9.17) is 17.4 Å². The number of para-hydroxylation sites is 1. The second-order valence-corrected chi connectivity index (χ2v) is 6.18. The van der Waals surface area contributed by atoms with Gasteiger partial charge < -0.3 is 5.21 Å². The molecule has 0 saturated carbocycles. The summed E-state index contributed by atoms with van der Waals surface area (Å²) in [5.41, 5.74) is 6.84. The topological polar surface area (TPSA) is 56.7 Å². The van der Waals surface area contributed by atoms with Gasteiger partial charge >= 0.3 is 0 Å². The van der Waals surface area contributed by atoms with Crippen molar-refractivity contribution in [2.45, 2.75) is 18.6 Å². The summed E-state index contributed by atoms with van der Waals surface area (Å²) < 4.78 is 0.232. The highest BCUT2D eigenvalue weighted by Gasteiger charge is 2.18. The van der Waals surface area contributed by atoms with E-state index < -0.39 is 0 Å². The maximum atomic E-state index is 8.50. The Balaban J connectivity index is 2.41. The van der Waals surface area contributed by atoms with Crippen molar-refractivity contribution in [1.29, 1.82) is 0 Å². The number of thiocarbonyl (C=S) groups is 1. The highest BCUT2D eigenvalue weighted by atomic mass is 32.2. The number of anilines is 1. The van der Waals surface area contributed by atoms with Gasteiger partial charge in [0.05, 0.1) is 16.6 Å². The fraction of sp³-hybridized carbons (Fsp3) is 0.273. The maximum Gasteiger partial charge on any atom is 0.153 e. The van der Waals surface area contributed by atoms with Crippen LogP contribution in [0.4, 0.5) is 5.69 Å². The van der Waals surface area contributed by atoms with Crippen LogP contribution in [0.3, 0.4) is 0 Å². The fourth-order valence-electron chi connectivity index (χ4n) is 1.07. The van der Waals surface area contributed by atoms with Gasteiger partial charge in [-0.25, -0.2) is 0 Å². The molecule has 17 heavy (non-hydrogen) atoms. The number of rotatable bonds is 4.